The number of morpholine rings is 1. The third-order valence-electron chi connectivity index (χ3n) is 3.04. The van der Waals surface area contributed by atoms with Crippen LogP contribution in [0.15, 0.2) is 0 Å². The van der Waals surface area contributed by atoms with E-state index in [1.807, 2.05) is 25.7 Å². The van der Waals surface area contributed by atoms with E-state index in [4.69, 9.17) is 4.74 Å². The molecule has 1 saturated heterocycles. The molecule has 0 spiro atoms. The van der Waals surface area contributed by atoms with Crippen molar-refractivity contribution in [3.05, 3.63) is 0 Å². The maximum absolute atomic E-state index is 12.0. The molecule has 1 aliphatic heterocycles. The van der Waals surface area contributed by atoms with Crippen molar-refractivity contribution in [3.63, 3.8) is 0 Å². The summed E-state index contributed by atoms with van der Waals surface area (Å²) in [4.78, 5) is 13.9. The third kappa shape index (κ3) is 2.43. The lowest BCUT2D eigenvalue weighted by molar-refractivity contribution is -0.0707. The van der Waals surface area contributed by atoms with Crippen LogP contribution in [0.3, 0.4) is 0 Å². The molecule has 0 aromatic carbocycles. The van der Waals surface area contributed by atoms with Crippen molar-refractivity contribution in [3.8, 4) is 0 Å². The normalized spacial score (nSPS) is 30.1. The number of nitrogens with zero attached hydrogens (tertiary/aromatic N) is 1. The molecule has 0 bridgehead atoms. The van der Waals surface area contributed by atoms with Gasteiger partial charge in [-0.1, -0.05) is 0 Å². The molecule has 1 saturated carbocycles. The van der Waals surface area contributed by atoms with E-state index in [0.29, 0.717) is 19.2 Å². The molecule has 15 heavy (non-hydrogen) atoms. The second-order valence-electron chi connectivity index (χ2n) is 5.27. The third-order valence-corrected chi connectivity index (χ3v) is 3.04. The second-order valence-corrected chi connectivity index (χ2v) is 5.27. The van der Waals surface area contributed by atoms with E-state index in [-0.39, 0.29) is 17.7 Å². The molecule has 4 heteroatoms. The Hall–Kier alpha value is -0.770. The Labute approximate surface area is 91.0 Å². The minimum Gasteiger partial charge on any atom is -0.374 e. The number of nitrogens with one attached hydrogen (secondary N) is 1. The predicted octanol–water partition coefficient (Wildman–Crippen LogP) is 1.36. The molecule has 2 aliphatic rings. The zero-order valence-corrected chi connectivity index (χ0v) is 9.75. The summed E-state index contributed by atoms with van der Waals surface area (Å²) in [6, 6.07) is 0.490. The Bertz CT molecular complexity index is 261. The van der Waals surface area contributed by atoms with Crippen molar-refractivity contribution in [2.75, 3.05) is 13.2 Å². The van der Waals surface area contributed by atoms with Gasteiger partial charge in [-0.15, -0.1) is 0 Å². The molecule has 86 valence electrons. The van der Waals surface area contributed by atoms with Crippen molar-refractivity contribution in [1.82, 2.24) is 10.2 Å². The number of ether oxygens (including phenoxy) is 1. The van der Waals surface area contributed by atoms with Gasteiger partial charge < -0.3 is 15.0 Å². The lowest BCUT2D eigenvalue weighted by Crippen LogP contribution is -2.60. The zero-order valence-electron chi connectivity index (χ0n) is 9.75. The van der Waals surface area contributed by atoms with Crippen LogP contribution in [-0.4, -0.2) is 41.8 Å². The molecular formula is C11H20N2O2. The highest BCUT2D eigenvalue weighted by Crippen LogP contribution is 2.24. The summed E-state index contributed by atoms with van der Waals surface area (Å²) in [7, 11) is 0. The zero-order chi connectivity index (χ0) is 11.1. The van der Waals surface area contributed by atoms with Crippen LogP contribution < -0.4 is 5.32 Å². The SMILES string of the molecule is C[C@H]1CN(C(=O)NC2CC2)C(C)(C)CO1. The molecular weight excluding hydrogens is 192 g/mol. The molecule has 1 atom stereocenters. The summed E-state index contributed by atoms with van der Waals surface area (Å²) in [5.74, 6) is 0. The smallest absolute Gasteiger partial charge is 0.318 e. The van der Waals surface area contributed by atoms with Crippen molar-refractivity contribution in [2.45, 2.75) is 51.3 Å². The molecule has 1 heterocycles. The maximum atomic E-state index is 12.0. The molecule has 1 N–H and O–H groups in total. The maximum Gasteiger partial charge on any atom is 0.318 e. The molecule has 2 fully saturated rings. The van der Waals surface area contributed by atoms with Crippen LogP contribution in [-0.2, 0) is 4.74 Å². The molecule has 4 nitrogen and oxygen atoms in total. The van der Waals surface area contributed by atoms with Gasteiger partial charge in [0.1, 0.15) is 0 Å². The summed E-state index contributed by atoms with van der Waals surface area (Å²) in [5.41, 5.74) is -0.189. The first kappa shape index (κ1) is 10.7. The minimum absolute atomic E-state index is 0.0673. The molecule has 2 rings (SSSR count). The first-order chi connectivity index (χ1) is 6.99. The first-order valence-corrected chi connectivity index (χ1v) is 5.69. The van der Waals surface area contributed by atoms with Crippen molar-refractivity contribution < 1.29 is 9.53 Å². The van der Waals surface area contributed by atoms with Crippen LogP contribution >= 0.6 is 0 Å². The fourth-order valence-electron chi connectivity index (χ4n) is 1.82. The topological polar surface area (TPSA) is 41.6 Å². The van der Waals surface area contributed by atoms with Crippen LogP contribution in [0.1, 0.15) is 33.6 Å². The average Bonchev–Trinajstić information content (AvgIpc) is 2.93. The fraction of sp³-hybridized carbons (Fsp3) is 0.909. The molecule has 0 radical (unpaired) electrons. The van der Waals surface area contributed by atoms with E-state index in [1.54, 1.807) is 0 Å². The Balaban J connectivity index is 1.99. The Morgan fingerprint density at radius 3 is 2.73 bits per heavy atom. The van der Waals surface area contributed by atoms with Gasteiger partial charge in [-0.05, 0) is 33.6 Å². The van der Waals surface area contributed by atoms with Crippen molar-refractivity contribution in [2.24, 2.45) is 0 Å². The Morgan fingerprint density at radius 1 is 1.47 bits per heavy atom. The van der Waals surface area contributed by atoms with E-state index >= 15 is 0 Å². The summed E-state index contributed by atoms with van der Waals surface area (Å²) >= 11 is 0. The van der Waals surface area contributed by atoms with Gasteiger partial charge >= 0.3 is 6.03 Å². The molecule has 0 aromatic heterocycles. The van der Waals surface area contributed by atoms with Crippen LogP contribution in [0.25, 0.3) is 0 Å². The lowest BCUT2D eigenvalue weighted by atomic mass is 10.0. The Morgan fingerprint density at radius 2 is 2.13 bits per heavy atom. The summed E-state index contributed by atoms with van der Waals surface area (Å²) in [6.45, 7) is 7.40. The highest BCUT2D eigenvalue weighted by molar-refractivity contribution is 5.75. The van der Waals surface area contributed by atoms with Gasteiger partial charge in [-0.25, -0.2) is 4.79 Å². The second kappa shape index (κ2) is 3.67. The van der Waals surface area contributed by atoms with Gasteiger partial charge in [0.25, 0.3) is 0 Å². The standard InChI is InChI=1S/C11H20N2O2/c1-8-6-13(11(2,3)7-15-8)10(14)12-9-4-5-9/h8-9H,4-7H2,1-3H3,(H,12,14)/t8-/m0/s1. The predicted molar refractivity (Wildman–Crippen MR) is 57.8 cm³/mol. The number of hydrogen-bond acceptors (Lipinski definition) is 2. The number of amides is 2. The highest BCUT2D eigenvalue weighted by Gasteiger charge is 2.38. The fourth-order valence-corrected chi connectivity index (χ4v) is 1.82. The summed E-state index contributed by atoms with van der Waals surface area (Å²) in [5, 5.41) is 3.03. The van der Waals surface area contributed by atoms with Gasteiger partial charge in [-0.2, -0.15) is 0 Å². The largest absolute Gasteiger partial charge is 0.374 e. The van der Waals surface area contributed by atoms with Crippen LogP contribution in [0, 0.1) is 0 Å². The van der Waals surface area contributed by atoms with E-state index in [1.165, 1.54) is 0 Å². The van der Waals surface area contributed by atoms with Gasteiger partial charge in [-0.3, -0.25) is 0 Å². The number of rotatable bonds is 1. The van der Waals surface area contributed by atoms with Gasteiger partial charge in [0.15, 0.2) is 0 Å². The first-order valence-electron chi connectivity index (χ1n) is 5.69. The van der Waals surface area contributed by atoms with Crippen LogP contribution in [0.5, 0.6) is 0 Å². The van der Waals surface area contributed by atoms with Crippen LogP contribution in [0.4, 0.5) is 4.79 Å². The average molecular weight is 212 g/mol. The van der Waals surface area contributed by atoms with E-state index in [2.05, 4.69) is 5.32 Å². The lowest BCUT2D eigenvalue weighted by Gasteiger charge is -2.44. The molecule has 1 aliphatic carbocycles. The number of carbonyl (C=O) groups excluding carboxylic acids is 1. The summed E-state index contributed by atoms with van der Waals surface area (Å²) in [6.07, 6.45) is 2.40. The number of carbonyl (C=O) groups is 1. The van der Waals surface area contributed by atoms with E-state index < -0.39 is 0 Å². The van der Waals surface area contributed by atoms with E-state index in [0.717, 1.165) is 12.8 Å². The van der Waals surface area contributed by atoms with Gasteiger partial charge in [0.2, 0.25) is 0 Å². The summed E-state index contributed by atoms with van der Waals surface area (Å²) < 4.78 is 5.57. The molecule has 0 aromatic rings. The monoisotopic (exact) mass is 212 g/mol. The van der Waals surface area contributed by atoms with Crippen molar-refractivity contribution in [1.29, 1.82) is 0 Å². The molecule has 2 amide bonds. The quantitative estimate of drug-likeness (QED) is 0.713. The number of hydrogen-bond donors (Lipinski definition) is 1. The van der Waals surface area contributed by atoms with Gasteiger partial charge in [0.05, 0.1) is 18.2 Å². The van der Waals surface area contributed by atoms with Crippen molar-refractivity contribution >= 4 is 6.03 Å². The van der Waals surface area contributed by atoms with Gasteiger partial charge in [0, 0.05) is 12.6 Å². The molecule has 0 unspecified atom stereocenters. The minimum atomic E-state index is -0.189. The van der Waals surface area contributed by atoms with Crippen LogP contribution in [0.2, 0.25) is 0 Å². The number of urea groups is 1. The highest BCUT2D eigenvalue weighted by atomic mass is 16.5. The van der Waals surface area contributed by atoms with E-state index in [9.17, 15) is 4.79 Å². The Kier molecular flexibility index (Phi) is 2.63.